The number of carbonyl (C=O) groups excluding carboxylic acids is 1. The van der Waals surface area contributed by atoms with Crippen LogP contribution < -0.4 is 16.2 Å². The van der Waals surface area contributed by atoms with E-state index in [2.05, 4.69) is 29.7 Å². The molecule has 0 aliphatic carbocycles. The van der Waals surface area contributed by atoms with Crippen molar-refractivity contribution in [3.63, 3.8) is 0 Å². The summed E-state index contributed by atoms with van der Waals surface area (Å²) in [4.78, 5) is 36.2. The van der Waals surface area contributed by atoms with Gasteiger partial charge in [0.1, 0.15) is 5.75 Å². The molecule has 2 aromatic carbocycles. The van der Waals surface area contributed by atoms with Crippen molar-refractivity contribution in [2.45, 2.75) is 32.2 Å². The number of rotatable bonds is 8. The zero-order valence-corrected chi connectivity index (χ0v) is 18.5. The number of carboxylic acid groups (broad SMARTS) is 1. The van der Waals surface area contributed by atoms with E-state index in [4.69, 9.17) is 0 Å². The number of pyridine rings is 1. The molecule has 0 fully saturated rings. The van der Waals surface area contributed by atoms with Crippen LogP contribution in [0.5, 0.6) is 5.75 Å². The fourth-order valence-corrected chi connectivity index (χ4v) is 3.69. The van der Waals surface area contributed by atoms with Crippen LogP contribution >= 0.6 is 0 Å². The largest absolute Gasteiger partial charge is 0.505 e. The summed E-state index contributed by atoms with van der Waals surface area (Å²) in [6.07, 6.45) is 2.61. The second kappa shape index (κ2) is 10.5. The van der Waals surface area contributed by atoms with Crippen molar-refractivity contribution in [3.8, 4) is 5.75 Å². The van der Waals surface area contributed by atoms with Crippen LogP contribution in [0, 0.1) is 0 Å². The Bertz CT molecular complexity index is 1220. The van der Waals surface area contributed by atoms with Gasteiger partial charge in [0.15, 0.2) is 5.69 Å². The van der Waals surface area contributed by atoms with Gasteiger partial charge in [0.25, 0.3) is 5.56 Å². The van der Waals surface area contributed by atoms with E-state index < -0.39 is 23.6 Å². The van der Waals surface area contributed by atoms with E-state index >= 15 is 0 Å². The normalized spacial score (nSPS) is 11.6. The van der Waals surface area contributed by atoms with Crippen LogP contribution in [-0.4, -0.2) is 26.8 Å². The first-order valence-electron chi connectivity index (χ1n) is 10.6. The van der Waals surface area contributed by atoms with E-state index in [0.29, 0.717) is 12.0 Å². The second-order valence-corrected chi connectivity index (χ2v) is 7.79. The first-order chi connectivity index (χ1) is 15.8. The number of nitrogens with zero attached hydrogens (tertiary/aromatic N) is 1. The number of nitrogens with one attached hydrogen (secondary N) is 2. The predicted molar refractivity (Wildman–Crippen MR) is 126 cm³/mol. The number of aliphatic carboxylic acids is 1. The van der Waals surface area contributed by atoms with Crippen LogP contribution in [0.3, 0.4) is 0 Å². The molecule has 1 heterocycles. The van der Waals surface area contributed by atoms with E-state index in [9.17, 15) is 24.6 Å². The van der Waals surface area contributed by atoms with Gasteiger partial charge in [-0.15, -0.1) is 0 Å². The summed E-state index contributed by atoms with van der Waals surface area (Å²) < 4.78 is 1.21. The van der Waals surface area contributed by atoms with Gasteiger partial charge in [-0.25, -0.2) is 4.79 Å². The summed E-state index contributed by atoms with van der Waals surface area (Å²) in [5.41, 5.74) is 3.18. The number of anilines is 1. The van der Waals surface area contributed by atoms with Crippen molar-refractivity contribution < 1.29 is 19.8 Å². The minimum Gasteiger partial charge on any atom is -0.505 e. The number of aryl methyl sites for hydroxylation is 2. The van der Waals surface area contributed by atoms with Gasteiger partial charge in [-0.05, 0) is 41.2 Å². The van der Waals surface area contributed by atoms with Crippen molar-refractivity contribution in [2.75, 3.05) is 5.32 Å². The molecule has 0 aliphatic heterocycles. The molecule has 4 N–H and O–H groups in total. The monoisotopic (exact) mass is 449 g/mol. The molecule has 3 rings (SSSR count). The van der Waals surface area contributed by atoms with E-state index in [-0.39, 0.29) is 17.9 Å². The van der Waals surface area contributed by atoms with Gasteiger partial charge < -0.3 is 25.4 Å². The number of benzene rings is 2. The number of carboxylic acids is 1. The number of carbonyl (C=O) groups is 2. The molecular weight excluding hydrogens is 422 g/mol. The summed E-state index contributed by atoms with van der Waals surface area (Å²) in [5, 5.41) is 24.3. The van der Waals surface area contributed by atoms with Gasteiger partial charge >= 0.3 is 12.0 Å². The number of aromatic nitrogens is 1. The summed E-state index contributed by atoms with van der Waals surface area (Å²) in [5.74, 6) is -1.46. The Morgan fingerprint density at radius 3 is 2.48 bits per heavy atom. The third-order valence-corrected chi connectivity index (χ3v) is 5.42. The van der Waals surface area contributed by atoms with Crippen LogP contribution in [0.2, 0.25) is 0 Å². The first-order valence-corrected chi connectivity index (χ1v) is 10.6. The average molecular weight is 450 g/mol. The van der Waals surface area contributed by atoms with Gasteiger partial charge in [0, 0.05) is 13.2 Å². The Balaban J connectivity index is 1.82. The lowest BCUT2D eigenvalue weighted by Gasteiger charge is -2.19. The molecular formula is C25H27N3O5. The summed E-state index contributed by atoms with van der Waals surface area (Å²) in [6.45, 7) is 2.10. The summed E-state index contributed by atoms with van der Waals surface area (Å²) in [6, 6.07) is 15.2. The van der Waals surface area contributed by atoms with Gasteiger partial charge in [0.2, 0.25) is 0 Å². The lowest BCUT2D eigenvalue weighted by atomic mass is 9.95. The highest BCUT2D eigenvalue weighted by Gasteiger charge is 2.20. The molecule has 1 atom stereocenters. The third-order valence-electron chi connectivity index (χ3n) is 5.42. The van der Waals surface area contributed by atoms with Crippen LogP contribution in [0.15, 0.2) is 65.6 Å². The second-order valence-electron chi connectivity index (χ2n) is 7.79. The van der Waals surface area contributed by atoms with Crippen molar-refractivity contribution in [2.24, 2.45) is 7.05 Å². The van der Waals surface area contributed by atoms with Crippen LogP contribution in [0.1, 0.15) is 41.6 Å². The van der Waals surface area contributed by atoms with E-state index in [0.717, 1.165) is 12.0 Å². The third kappa shape index (κ3) is 6.00. The van der Waals surface area contributed by atoms with Gasteiger partial charge in [-0.2, -0.15) is 0 Å². The molecule has 172 valence electrons. The highest BCUT2D eigenvalue weighted by atomic mass is 16.4. The fraction of sp³-hybridized carbons (Fsp3) is 0.240. The molecule has 1 aromatic heterocycles. The van der Waals surface area contributed by atoms with Crippen LogP contribution in [0.4, 0.5) is 10.5 Å². The van der Waals surface area contributed by atoms with Crippen molar-refractivity contribution in [1.29, 1.82) is 0 Å². The Labute approximate surface area is 191 Å². The van der Waals surface area contributed by atoms with Gasteiger partial charge in [-0.3, -0.25) is 9.59 Å². The summed E-state index contributed by atoms with van der Waals surface area (Å²) in [7, 11) is 1.49. The molecule has 2 amide bonds. The maximum Gasteiger partial charge on any atom is 0.319 e. The average Bonchev–Trinajstić information content (AvgIpc) is 2.79. The molecule has 33 heavy (non-hydrogen) atoms. The topological polar surface area (TPSA) is 121 Å². The maximum absolute atomic E-state index is 12.6. The highest BCUT2D eigenvalue weighted by molar-refractivity contribution is 5.91. The van der Waals surface area contributed by atoms with E-state index in [1.807, 2.05) is 30.3 Å². The number of hydrogen-bond donors (Lipinski definition) is 4. The quantitative estimate of drug-likeness (QED) is 0.419. The zero-order valence-electron chi connectivity index (χ0n) is 18.5. The van der Waals surface area contributed by atoms with E-state index in [1.165, 1.54) is 35.0 Å². The Kier molecular flexibility index (Phi) is 7.50. The molecule has 0 aliphatic rings. The molecule has 0 radical (unpaired) electrons. The highest BCUT2D eigenvalue weighted by Crippen LogP contribution is 2.22. The zero-order chi connectivity index (χ0) is 24.0. The lowest BCUT2D eigenvalue weighted by Crippen LogP contribution is -2.36. The predicted octanol–water partition coefficient (Wildman–Crippen LogP) is 3.58. The standard InChI is InChI=1S/C25H27N3O5/c1-3-17-8-4-5-9-18(17)13-16-7-6-10-19(14-16)20(15-22(30)31)26-25(33)27-23-21(29)11-12-28(2)24(23)32/h4-12,14,20,29H,3,13,15H2,1-2H3,(H,30,31)(H2,26,27,33)/t20-/m0/s1. The van der Waals surface area contributed by atoms with E-state index in [1.54, 1.807) is 6.07 Å². The molecule has 0 spiro atoms. The first kappa shape index (κ1) is 23.6. The number of aromatic hydroxyl groups is 1. The van der Waals surface area contributed by atoms with Gasteiger partial charge in [-0.1, -0.05) is 55.5 Å². The molecule has 0 bridgehead atoms. The molecule has 0 saturated carbocycles. The Hall–Kier alpha value is -4.07. The van der Waals surface area contributed by atoms with Crippen molar-refractivity contribution in [3.05, 3.63) is 93.4 Å². The summed E-state index contributed by atoms with van der Waals surface area (Å²) >= 11 is 0. The Morgan fingerprint density at radius 2 is 1.79 bits per heavy atom. The lowest BCUT2D eigenvalue weighted by molar-refractivity contribution is -0.137. The molecule has 3 aromatic rings. The minimum absolute atomic E-state index is 0.281. The fourth-order valence-electron chi connectivity index (χ4n) is 3.69. The van der Waals surface area contributed by atoms with Crippen LogP contribution in [0.25, 0.3) is 0 Å². The minimum atomic E-state index is -1.08. The maximum atomic E-state index is 12.6. The Morgan fingerprint density at radius 1 is 1.06 bits per heavy atom. The van der Waals surface area contributed by atoms with Gasteiger partial charge in [0.05, 0.1) is 12.5 Å². The van der Waals surface area contributed by atoms with Crippen LogP contribution in [-0.2, 0) is 24.7 Å². The van der Waals surface area contributed by atoms with Crippen molar-refractivity contribution in [1.82, 2.24) is 9.88 Å². The molecule has 0 saturated heterocycles. The SMILES string of the molecule is CCc1ccccc1Cc1cccc([C@H](CC(=O)O)NC(=O)Nc2c(O)ccn(C)c2=O)c1. The smallest absolute Gasteiger partial charge is 0.319 e. The molecule has 0 unspecified atom stereocenters. The molecule has 8 heteroatoms. The number of hydrogen-bond acceptors (Lipinski definition) is 4. The number of urea groups is 1. The molecule has 8 nitrogen and oxygen atoms in total. The van der Waals surface area contributed by atoms with Crippen molar-refractivity contribution >= 4 is 17.7 Å². The number of amides is 2.